The van der Waals surface area contributed by atoms with E-state index in [9.17, 15) is 9.90 Å². The largest absolute Gasteiger partial charge is 0.393 e. The third-order valence-electron chi connectivity index (χ3n) is 8.39. The molecule has 5 atom stereocenters. The number of hydrogen-bond donors (Lipinski definition) is 1. The number of rotatable bonds is 2. The summed E-state index contributed by atoms with van der Waals surface area (Å²) in [4.78, 5) is 13.4. The van der Waals surface area contributed by atoms with Crippen molar-refractivity contribution in [3.63, 3.8) is 0 Å². The standard InChI is InChI=1S/C28H36O2S.C3H4/c1-27(2,3)31-20-9-5-17(6-10-20)23-16-28(4)24(13-14-25(28)30)22-11-7-18-15-19(29)8-12-21(18)26(22)23;1-3-2/h5-6,9-10,15,22-25,30H,7-8,11-14,16H2,1-4H3;1H,2H3. The van der Waals surface area contributed by atoms with Gasteiger partial charge in [-0.05, 0) is 97.6 Å². The molecular weight excluding hydrogens is 436 g/mol. The quantitative estimate of drug-likeness (QED) is 0.355. The van der Waals surface area contributed by atoms with Crippen LogP contribution in [0.1, 0.15) is 91.0 Å². The number of ketones is 1. The fourth-order valence-electron chi connectivity index (χ4n) is 7.05. The van der Waals surface area contributed by atoms with E-state index in [1.165, 1.54) is 21.6 Å². The smallest absolute Gasteiger partial charge is 0.156 e. The topological polar surface area (TPSA) is 37.3 Å². The van der Waals surface area contributed by atoms with Crippen molar-refractivity contribution < 1.29 is 9.90 Å². The van der Waals surface area contributed by atoms with Gasteiger partial charge in [-0.15, -0.1) is 24.1 Å². The summed E-state index contributed by atoms with van der Waals surface area (Å²) in [5.74, 6) is 4.05. The van der Waals surface area contributed by atoms with E-state index in [0.29, 0.717) is 30.0 Å². The first kappa shape index (κ1) is 25.3. The average Bonchev–Trinajstić information content (AvgIpc) is 3.07. The Morgan fingerprint density at radius 2 is 1.76 bits per heavy atom. The van der Waals surface area contributed by atoms with Crippen LogP contribution >= 0.6 is 11.8 Å². The number of fused-ring (bicyclic) bond motifs is 4. The lowest BCUT2D eigenvalue weighted by Gasteiger charge is -2.52. The molecule has 0 bridgehead atoms. The summed E-state index contributed by atoms with van der Waals surface area (Å²) in [6.45, 7) is 10.8. The minimum absolute atomic E-state index is 0.00390. The van der Waals surface area contributed by atoms with E-state index in [2.05, 4.69) is 64.3 Å². The van der Waals surface area contributed by atoms with Crippen LogP contribution in [0, 0.1) is 29.6 Å². The predicted molar refractivity (Wildman–Crippen MR) is 143 cm³/mol. The first-order valence-electron chi connectivity index (χ1n) is 12.9. The minimum atomic E-state index is -0.188. The SMILES string of the molecule is C#CC.CC(C)(C)Sc1ccc(C2CC3(C)C(O)CCC3C3CCC4=CC(=O)CCC4=C23)cc1. The molecule has 4 aliphatic carbocycles. The molecule has 1 aromatic rings. The molecule has 1 N–H and O–H groups in total. The van der Waals surface area contributed by atoms with Gasteiger partial charge in [-0.2, -0.15) is 0 Å². The van der Waals surface area contributed by atoms with Crippen LogP contribution in [-0.2, 0) is 4.79 Å². The van der Waals surface area contributed by atoms with E-state index >= 15 is 0 Å². The first-order chi connectivity index (χ1) is 16.1. The van der Waals surface area contributed by atoms with Crippen LogP contribution in [-0.4, -0.2) is 21.7 Å². The molecule has 5 rings (SSSR count). The fourth-order valence-corrected chi connectivity index (χ4v) is 8.03. The highest BCUT2D eigenvalue weighted by Gasteiger charge is 2.56. The molecular formula is C31H40O2S. The van der Waals surface area contributed by atoms with E-state index in [-0.39, 0.29) is 16.3 Å². The fraction of sp³-hybridized carbons (Fsp3) is 0.581. The summed E-state index contributed by atoms with van der Waals surface area (Å²) in [6, 6.07) is 9.24. The number of carbonyl (C=O) groups excluding carboxylic acids is 1. The van der Waals surface area contributed by atoms with Crippen molar-refractivity contribution in [2.45, 2.75) is 101 Å². The number of terminal acetylenes is 1. The minimum Gasteiger partial charge on any atom is -0.393 e. The molecule has 0 spiro atoms. The maximum atomic E-state index is 12.1. The van der Waals surface area contributed by atoms with Crippen molar-refractivity contribution in [3.05, 3.63) is 52.6 Å². The molecule has 0 radical (unpaired) electrons. The summed E-state index contributed by atoms with van der Waals surface area (Å²) >= 11 is 1.91. The number of benzene rings is 1. The van der Waals surface area contributed by atoms with Crippen molar-refractivity contribution in [2.75, 3.05) is 0 Å². The maximum absolute atomic E-state index is 12.1. The third kappa shape index (κ3) is 4.82. The summed E-state index contributed by atoms with van der Waals surface area (Å²) in [6.07, 6.45) is 13.2. The van der Waals surface area contributed by atoms with E-state index in [1.807, 2.05) is 17.8 Å². The Morgan fingerprint density at radius 3 is 2.41 bits per heavy atom. The lowest BCUT2D eigenvalue weighted by Crippen LogP contribution is -2.45. The molecule has 2 nitrogen and oxygen atoms in total. The van der Waals surface area contributed by atoms with Gasteiger partial charge in [-0.1, -0.05) is 45.4 Å². The van der Waals surface area contributed by atoms with E-state index in [4.69, 9.17) is 0 Å². The summed E-state index contributed by atoms with van der Waals surface area (Å²) in [5.41, 5.74) is 5.83. The van der Waals surface area contributed by atoms with Crippen molar-refractivity contribution in [1.82, 2.24) is 0 Å². The van der Waals surface area contributed by atoms with Crippen LogP contribution in [0.15, 0.2) is 52.0 Å². The van der Waals surface area contributed by atoms with Gasteiger partial charge in [0.05, 0.1) is 6.10 Å². The molecule has 182 valence electrons. The Hall–Kier alpha value is -1.76. The van der Waals surface area contributed by atoms with Crippen molar-refractivity contribution >= 4 is 17.5 Å². The van der Waals surface area contributed by atoms with Gasteiger partial charge in [0, 0.05) is 22.0 Å². The Kier molecular flexibility index (Phi) is 7.24. The molecule has 0 aliphatic heterocycles. The van der Waals surface area contributed by atoms with Gasteiger partial charge >= 0.3 is 0 Å². The molecule has 3 heteroatoms. The number of allylic oxidation sites excluding steroid dienone is 4. The highest BCUT2D eigenvalue weighted by molar-refractivity contribution is 8.00. The zero-order chi connectivity index (χ0) is 24.7. The van der Waals surface area contributed by atoms with E-state index in [1.54, 1.807) is 12.5 Å². The Balaban J connectivity index is 0.000000868. The second kappa shape index (κ2) is 9.71. The monoisotopic (exact) mass is 476 g/mol. The number of aliphatic hydroxyl groups excluding tert-OH is 1. The van der Waals surface area contributed by atoms with Crippen LogP contribution in [0.3, 0.4) is 0 Å². The zero-order valence-corrected chi connectivity index (χ0v) is 22.3. The second-order valence-electron chi connectivity index (χ2n) is 11.7. The molecule has 4 aliphatic rings. The molecule has 1 aromatic carbocycles. The second-order valence-corrected chi connectivity index (χ2v) is 13.6. The van der Waals surface area contributed by atoms with Gasteiger partial charge in [0.15, 0.2) is 5.78 Å². The summed E-state index contributed by atoms with van der Waals surface area (Å²) < 4.78 is 0.203. The third-order valence-corrected chi connectivity index (χ3v) is 9.51. The van der Waals surface area contributed by atoms with Gasteiger partial charge in [-0.3, -0.25) is 4.79 Å². The van der Waals surface area contributed by atoms with Crippen LogP contribution in [0.5, 0.6) is 0 Å². The Bertz CT molecular complexity index is 1030. The van der Waals surface area contributed by atoms with E-state index < -0.39 is 0 Å². The number of aliphatic hydroxyl groups is 1. The molecule has 2 saturated carbocycles. The van der Waals surface area contributed by atoms with Crippen molar-refractivity contribution in [2.24, 2.45) is 17.3 Å². The van der Waals surface area contributed by atoms with Crippen LogP contribution < -0.4 is 0 Å². The van der Waals surface area contributed by atoms with Crippen LogP contribution in [0.2, 0.25) is 0 Å². The highest BCUT2D eigenvalue weighted by Crippen LogP contribution is 2.63. The number of carbonyl (C=O) groups is 1. The first-order valence-corrected chi connectivity index (χ1v) is 13.7. The summed E-state index contributed by atoms with van der Waals surface area (Å²) in [5, 5.41) is 11.0. The zero-order valence-electron chi connectivity index (χ0n) is 21.5. The Morgan fingerprint density at radius 1 is 1.09 bits per heavy atom. The normalized spacial score (nSPS) is 32.5. The van der Waals surface area contributed by atoms with Crippen molar-refractivity contribution in [1.29, 1.82) is 0 Å². The van der Waals surface area contributed by atoms with Crippen molar-refractivity contribution in [3.8, 4) is 12.3 Å². The molecule has 0 aromatic heterocycles. The molecule has 5 unspecified atom stereocenters. The van der Waals surface area contributed by atoms with Crippen LogP contribution in [0.25, 0.3) is 0 Å². The lowest BCUT2D eigenvalue weighted by atomic mass is 9.53. The number of hydrogen-bond acceptors (Lipinski definition) is 3. The molecule has 0 saturated heterocycles. The summed E-state index contributed by atoms with van der Waals surface area (Å²) in [7, 11) is 0. The molecule has 0 amide bonds. The average molecular weight is 477 g/mol. The number of thioether (sulfide) groups is 1. The maximum Gasteiger partial charge on any atom is 0.156 e. The van der Waals surface area contributed by atoms with Gasteiger partial charge in [0.2, 0.25) is 0 Å². The van der Waals surface area contributed by atoms with E-state index in [0.717, 1.165) is 38.5 Å². The molecule has 0 heterocycles. The lowest BCUT2D eigenvalue weighted by molar-refractivity contribution is -0.114. The molecule has 2 fully saturated rings. The van der Waals surface area contributed by atoms with Gasteiger partial charge in [0.1, 0.15) is 0 Å². The highest BCUT2D eigenvalue weighted by atomic mass is 32.2. The van der Waals surface area contributed by atoms with Gasteiger partial charge in [-0.25, -0.2) is 0 Å². The molecule has 34 heavy (non-hydrogen) atoms. The van der Waals surface area contributed by atoms with Gasteiger partial charge in [0.25, 0.3) is 0 Å². The Labute approximate surface area is 210 Å². The van der Waals surface area contributed by atoms with Gasteiger partial charge < -0.3 is 5.11 Å². The van der Waals surface area contributed by atoms with Crippen LogP contribution in [0.4, 0.5) is 0 Å². The predicted octanol–water partition coefficient (Wildman–Crippen LogP) is 7.48.